The summed E-state index contributed by atoms with van der Waals surface area (Å²) >= 11 is 0. The fraction of sp³-hybridized carbons (Fsp3) is 0.300. The molecule has 1 aromatic rings. The average molecular weight is 176 g/mol. The third-order valence-electron chi connectivity index (χ3n) is 2.31. The lowest BCUT2D eigenvalue weighted by Gasteiger charge is -2.15. The van der Waals surface area contributed by atoms with Crippen molar-refractivity contribution in [2.24, 2.45) is 5.73 Å². The molecular weight excluding hydrogens is 164 g/mol. The average Bonchev–Trinajstić information content (AvgIpc) is 2.49. The highest BCUT2D eigenvalue weighted by Crippen LogP contribution is 2.19. The number of benzene rings is 1. The molecule has 2 N–H and O–H groups in total. The molecule has 1 heterocycles. The summed E-state index contributed by atoms with van der Waals surface area (Å²) in [4.78, 5) is 13.2. The molecule has 68 valence electrons. The number of amides is 1. The van der Waals surface area contributed by atoms with Crippen molar-refractivity contribution in [2.45, 2.75) is 12.5 Å². The first-order valence-electron chi connectivity index (χ1n) is 4.41. The summed E-state index contributed by atoms with van der Waals surface area (Å²) in [6.45, 7) is 0.740. The SMILES string of the molecule is N[C@@H]1CCN(c2ccccc2)C1=O. The van der Waals surface area contributed by atoms with E-state index in [9.17, 15) is 4.79 Å². The lowest BCUT2D eigenvalue weighted by Crippen LogP contribution is -2.33. The first kappa shape index (κ1) is 8.26. The van der Waals surface area contributed by atoms with Crippen molar-refractivity contribution < 1.29 is 4.79 Å². The van der Waals surface area contributed by atoms with E-state index in [0.717, 1.165) is 18.7 Å². The molecule has 13 heavy (non-hydrogen) atoms. The Hall–Kier alpha value is -1.35. The van der Waals surface area contributed by atoms with Gasteiger partial charge in [0, 0.05) is 12.2 Å². The number of carbonyl (C=O) groups excluding carboxylic acids is 1. The van der Waals surface area contributed by atoms with Crippen molar-refractivity contribution in [1.29, 1.82) is 0 Å². The molecule has 0 saturated carbocycles. The third kappa shape index (κ3) is 1.42. The van der Waals surface area contributed by atoms with E-state index < -0.39 is 0 Å². The number of rotatable bonds is 1. The minimum Gasteiger partial charge on any atom is -0.320 e. The second-order valence-electron chi connectivity index (χ2n) is 3.22. The quantitative estimate of drug-likeness (QED) is 0.686. The van der Waals surface area contributed by atoms with Crippen molar-refractivity contribution in [3.8, 4) is 0 Å². The Bertz CT molecular complexity index is 310. The number of hydrogen-bond acceptors (Lipinski definition) is 2. The summed E-state index contributed by atoms with van der Waals surface area (Å²) < 4.78 is 0. The molecule has 2 rings (SSSR count). The van der Waals surface area contributed by atoms with E-state index in [-0.39, 0.29) is 11.9 Å². The Morgan fingerprint density at radius 1 is 1.31 bits per heavy atom. The zero-order chi connectivity index (χ0) is 9.26. The zero-order valence-electron chi connectivity index (χ0n) is 7.31. The Labute approximate surface area is 77.1 Å². The van der Waals surface area contributed by atoms with Crippen molar-refractivity contribution in [3.05, 3.63) is 30.3 Å². The summed E-state index contributed by atoms with van der Waals surface area (Å²) in [5, 5.41) is 0. The van der Waals surface area contributed by atoms with Crippen LogP contribution in [0.5, 0.6) is 0 Å². The molecule has 1 aliphatic heterocycles. The topological polar surface area (TPSA) is 46.3 Å². The van der Waals surface area contributed by atoms with Gasteiger partial charge in [-0.15, -0.1) is 0 Å². The van der Waals surface area contributed by atoms with Crippen LogP contribution >= 0.6 is 0 Å². The standard InChI is InChI=1S/C10H12N2O/c11-9-6-7-12(10(9)13)8-4-2-1-3-5-8/h1-5,9H,6-7,11H2/t9-/m1/s1. The normalized spacial score (nSPS) is 22.4. The Morgan fingerprint density at radius 3 is 2.54 bits per heavy atom. The van der Waals surface area contributed by atoms with Crippen LogP contribution in [0.15, 0.2) is 30.3 Å². The fourth-order valence-corrected chi connectivity index (χ4v) is 1.57. The largest absolute Gasteiger partial charge is 0.320 e. The molecule has 3 nitrogen and oxygen atoms in total. The van der Waals surface area contributed by atoms with E-state index in [2.05, 4.69) is 0 Å². The van der Waals surface area contributed by atoms with E-state index in [1.807, 2.05) is 30.3 Å². The van der Waals surface area contributed by atoms with Crippen LogP contribution in [0.4, 0.5) is 5.69 Å². The minimum atomic E-state index is -0.305. The van der Waals surface area contributed by atoms with Crippen molar-refractivity contribution in [3.63, 3.8) is 0 Å². The van der Waals surface area contributed by atoms with E-state index in [1.54, 1.807) is 4.90 Å². The van der Waals surface area contributed by atoms with E-state index in [1.165, 1.54) is 0 Å². The molecule has 0 bridgehead atoms. The van der Waals surface area contributed by atoms with Crippen LogP contribution in [0.2, 0.25) is 0 Å². The van der Waals surface area contributed by atoms with Gasteiger partial charge in [-0.1, -0.05) is 18.2 Å². The summed E-state index contributed by atoms with van der Waals surface area (Å²) in [5.41, 5.74) is 6.56. The van der Waals surface area contributed by atoms with Gasteiger partial charge >= 0.3 is 0 Å². The molecule has 1 saturated heterocycles. The first-order valence-corrected chi connectivity index (χ1v) is 4.41. The highest BCUT2D eigenvalue weighted by Gasteiger charge is 2.29. The second-order valence-corrected chi connectivity index (χ2v) is 3.22. The van der Waals surface area contributed by atoms with Gasteiger partial charge in [-0.25, -0.2) is 0 Å². The Morgan fingerprint density at radius 2 is 2.00 bits per heavy atom. The fourth-order valence-electron chi connectivity index (χ4n) is 1.57. The van der Waals surface area contributed by atoms with Gasteiger partial charge in [0.1, 0.15) is 0 Å². The van der Waals surface area contributed by atoms with Crippen molar-refractivity contribution >= 4 is 11.6 Å². The number of nitrogens with two attached hydrogens (primary N) is 1. The molecule has 1 fully saturated rings. The van der Waals surface area contributed by atoms with E-state index in [0.29, 0.717) is 0 Å². The van der Waals surface area contributed by atoms with Crippen molar-refractivity contribution in [1.82, 2.24) is 0 Å². The smallest absolute Gasteiger partial charge is 0.243 e. The molecule has 0 radical (unpaired) electrons. The molecule has 1 aromatic carbocycles. The number of hydrogen-bond donors (Lipinski definition) is 1. The molecule has 0 aromatic heterocycles. The number of anilines is 1. The van der Waals surface area contributed by atoms with Gasteiger partial charge in [-0.05, 0) is 18.6 Å². The highest BCUT2D eigenvalue weighted by atomic mass is 16.2. The van der Waals surface area contributed by atoms with Crippen molar-refractivity contribution in [2.75, 3.05) is 11.4 Å². The summed E-state index contributed by atoms with van der Waals surface area (Å²) in [6.07, 6.45) is 0.758. The third-order valence-corrected chi connectivity index (χ3v) is 2.31. The summed E-state index contributed by atoms with van der Waals surface area (Å²) in [6, 6.07) is 9.33. The monoisotopic (exact) mass is 176 g/mol. The maximum atomic E-state index is 11.5. The Balaban J connectivity index is 2.24. The van der Waals surface area contributed by atoms with E-state index >= 15 is 0 Å². The molecule has 3 heteroatoms. The van der Waals surface area contributed by atoms with Gasteiger partial charge < -0.3 is 10.6 Å². The van der Waals surface area contributed by atoms with Gasteiger partial charge in [0.15, 0.2) is 0 Å². The molecule has 1 atom stereocenters. The first-order chi connectivity index (χ1) is 6.29. The van der Waals surface area contributed by atoms with Gasteiger partial charge in [0.05, 0.1) is 6.04 Å². The summed E-state index contributed by atoms with van der Waals surface area (Å²) in [7, 11) is 0. The van der Waals surface area contributed by atoms with Crippen LogP contribution in [0.25, 0.3) is 0 Å². The zero-order valence-corrected chi connectivity index (χ0v) is 7.31. The van der Waals surface area contributed by atoms with Gasteiger partial charge in [-0.2, -0.15) is 0 Å². The van der Waals surface area contributed by atoms with Crippen LogP contribution in [0.3, 0.4) is 0 Å². The highest BCUT2D eigenvalue weighted by molar-refractivity contribution is 5.99. The second kappa shape index (κ2) is 3.18. The van der Waals surface area contributed by atoms with Gasteiger partial charge in [0.25, 0.3) is 0 Å². The summed E-state index contributed by atoms with van der Waals surface area (Å²) in [5.74, 6) is 0.0335. The predicted octanol–water partition coefficient (Wildman–Crippen LogP) is 0.751. The lowest BCUT2D eigenvalue weighted by atomic mass is 10.3. The molecule has 1 aliphatic rings. The van der Waals surface area contributed by atoms with Gasteiger partial charge in [-0.3, -0.25) is 4.79 Å². The number of carbonyl (C=O) groups is 1. The van der Waals surface area contributed by atoms with Gasteiger partial charge in [0.2, 0.25) is 5.91 Å². The van der Waals surface area contributed by atoms with Crippen LogP contribution in [0, 0.1) is 0 Å². The maximum absolute atomic E-state index is 11.5. The molecule has 1 amide bonds. The Kier molecular flexibility index (Phi) is 2.02. The van der Waals surface area contributed by atoms with Crippen LogP contribution < -0.4 is 10.6 Å². The van der Waals surface area contributed by atoms with Crippen LogP contribution in [-0.2, 0) is 4.79 Å². The predicted molar refractivity (Wildman–Crippen MR) is 51.4 cm³/mol. The maximum Gasteiger partial charge on any atom is 0.243 e. The lowest BCUT2D eigenvalue weighted by molar-refractivity contribution is -0.118. The number of nitrogens with zero attached hydrogens (tertiary/aromatic N) is 1. The van der Waals surface area contributed by atoms with E-state index in [4.69, 9.17) is 5.73 Å². The molecule has 0 spiro atoms. The minimum absolute atomic E-state index is 0.0335. The van der Waals surface area contributed by atoms with Crippen LogP contribution in [-0.4, -0.2) is 18.5 Å². The molecule has 0 unspecified atom stereocenters. The molecular formula is C10H12N2O. The number of para-hydroxylation sites is 1. The van der Waals surface area contributed by atoms with Crippen LogP contribution in [0.1, 0.15) is 6.42 Å². The molecule has 0 aliphatic carbocycles.